The van der Waals surface area contributed by atoms with E-state index in [9.17, 15) is 23.1 Å². The van der Waals surface area contributed by atoms with E-state index in [2.05, 4.69) is 10.1 Å². The van der Waals surface area contributed by atoms with Crippen molar-refractivity contribution in [2.24, 2.45) is 0 Å². The number of nitrogens with zero attached hydrogens (tertiary/aromatic N) is 1. The van der Waals surface area contributed by atoms with Crippen molar-refractivity contribution in [3.05, 3.63) is 59.8 Å². The van der Waals surface area contributed by atoms with E-state index in [0.717, 1.165) is 22.0 Å². The minimum Gasteiger partial charge on any atom is -0.444 e. The number of carbonyl (C=O) groups is 1. The van der Waals surface area contributed by atoms with E-state index in [0.29, 0.717) is 25.1 Å². The molecule has 0 aliphatic rings. The van der Waals surface area contributed by atoms with Crippen LogP contribution in [0.25, 0.3) is 16.6 Å². The number of nitrogens with one attached hydrogen (secondary N) is 1. The molecule has 0 aliphatic heterocycles. The zero-order chi connectivity index (χ0) is 24.2. The number of aliphatic hydroxyl groups is 1. The van der Waals surface area contributed by atoms with Crippen LogP contribution in [0.2, 0.25) is 0 Å². The summed E-state index contributed by atoms with van der Waals surface area (Å²) in [5, 5.41) is 13.2. The molecule has 0 aliphatic carbocycles. The smallest absolute Gasteiger partial charge is 0.444 e. The summed E-state index contributed by atoms with van der Waals surface area (Å²) >= 11 is 0. The second-order valence-corrected chi connectivity index (χ2v) is 8.61. The Hall–Kier alpha value is -3.20. The van der Waals surface area contributed by atoms with Crippen molar-refractivity contribution in [1.29, 1.82) is 0 Å². The molecule has 0 unspecified atom stereocenters. The van der Waals surface area contributed by atoms with Gasteiger partial charge in [0.1, 0.15) is 11.4 Å². The number of halogens is 3. The Kier molecular flexibility index (Phi) is 7.22. The van der Waals surface area contributed by atoms with Crippen LogP contribution >= 0.6 is 0 Å². The molecule has 3 rings (SSSR count). The summed E-state index contributed by atoms with van der Waals surface area (Å²) in [5.41, 5.74) is 2.64. The van der Waals surface area contributed by atoms with Crippen molar-refractivity contribution < 1.29 is 32.5 Å². The summed E-state index contributed by atoms with van der Waals surface area (Å²) in [6, 6.07) is 11.2. The predicted octanol–water partition coefficient (Wildman–Crippen LogP) is 5.48. The van der Waals surface area contributed by atoms with Crippen molar-refractivity contribution in [2.45, 2.75) is 52.2 Å². The number of amides is 1. The molecule has 0 radical (unpaired) electrons. The fraction of sp³-hybridized carbons (Fsp3) is 0.375. The molecule has 0 fully saturated rings. The van der Waals surface area contributed by atoms with E-state index in [-0.39, 0.29) is 12.4 Å². The van der Waals surface area contributed by atoms with Crippen LogP contribution in [0.4, 0.5) is 18.0 Å². The molecule has 0 atom stereocenters. The molecule has 1 amide bonds. The van der Waals surface area contributed by atoms with Gasteiger partial charge in [0, 0.05) is 23.8 Å². The van der Waals surface area contributed by atoms with Crippen LogP contribution in [0.15, 0.2) is 48.7 Å². The van der Waals surface area contributed by atoms with Gasteiger partial charge in [0.15, 0.2) is 0 Å². The van der Waals surface area contributed by atoms with E-state index < -0.39 is 18.1 Å². The molecule has 9 heteroatoms. The Morgan fingerprint density at radius 2 is 1.79 bits per heavy atom. The van der Waals surface area contributed by atoms with E-state index in [1.807, 2.05) is 29.0 Å². The molecule has 0 spiro atoms. The Morgan fingerprint density at radius 1 is 1.09 bits per heavy atom. The first kappa shape index (κ1) is 24.4. The van der Waals surface area contributed by atoms with Crippen molar-refractivity contribution in [3.8, 4) is 11.4 Å². The number of alkyl carbamates (subject to hydrolysis) is 1. The molecule has 33 heavy (non-hydrogen) atoms. The highest BCUT2D eigenvalue weighted by Crippen LogP contribution is 2.29. The molecule has 3 aromatic rings. The summed E-state index contributed by atoms with van der Waals surface area (Å²) in [5.74, 6) is -0.299. The average molecular weight is 464 g/mol. The molecule has 1 heterocycles. The SMILES string of the molecule is CC(C)(C)OC(=O)NCCCc1cn(-c2ccc(OC(F)(F)F)cc2)c2cc(CO)ccc12. The number of aliphatic hydroxyl groups excluding tert-OH is 1. The van der Waals surface area contributed by atoms with E-state index >= 15 is 0 Å². The lowest BCUT2D eigenvalue weighted by Crippen LogP contribution is -2.33. The largest absolute Gasteiger partial charge is 0.573 e. The van der Waals surface area contributed by atoms with Gasteiger partial charge in [0.25, 0.3) is 0 Å². The lowest BCUT2D eigenvalue weighted by molar-refractivity contribution is -0.274. The van der Waals surface area contributed by atoms with Crippen molar-refractivity contribution in [2.75, 3.05) is 6.54 Å². The van der Waals surface area contributed by atoms with Crippen LogP contribution in [-0.2, 0) is 17.8 Å². The molecule has 6 nitrogen and oxygen atoms in total. The summed E-state index contributed by atoms with van der Waals surface area (Å²) in [4.78, 5) is 11.8. The Balaban J connectivity index is 1.79. The van der Waals surface area contributed by atoms with Gasteiger partial charge in [-0.25, -0.2) is 4.79 Å². The van der Waals surface area contributed by atoms with Gasteiger partial charge < -0.3 is 24.5 Å². The summed E-state index contributed by atoms with van der Waals surface area (Å²) in [7, 11) is 0. The normalized spacial score (nSPS) is 12.1. The second kappa shape index (κ2) is 9.74. The van der Waals surface area contributed by atoms with Gasteiger partial charge in [-0.15, -0.1) is 13.2 Å². The van der Waals surface area contributed by atoms with Crippen LogP contribution in [0, 0.1) is 0 Å². The van der Waals surface area contributed by atoms with Gasteiger partial charge >= 0.3 is 12.5 Å². The van der Waals surface area contributed by atoms with Gasteiger partial charge in [0.2, 0.25) is 0 Å². The number of aromatic nitrogens is 1. The van der Waals surface area contributed by atoms with Crippen LogP contribution < -0.4 is 10.1 Å². The molecule has 178 valence electrons. The summed E-state index contributed by atoms with van der Waals surface area (Å²) in [6.07, 6.45) is -1.98. The molecule has 0 bridgehead atoms. The maximum absolute atomic E-state index is 12.5. The monoisotopic (exact) mass is 464 g/mol. The quantitative estimate of drug-likeness (QED) is 0.454. The fourth-order valence-electron chi connectivity index (χ4n) is 3.45. The number of benzene rings is 2. The predicted molar refractivity (Wildman–Crippen MR) is 118 cm³/mol. The number of carbonyl (C=O) groups excluding carboxylic acids is 1. The van der Waals surface area contributed by atoms with Crippen molar-refractivity contribution in [3.63, 3.8) is 0 Å². The van der Waals surface area contributed by atoms with Crippen LogP contribution in [0.3, 0.4) is 0 Å². The maximum atomic E-state index is 12.5. The van der Waals surface area contributed by atoms with Crippen molar-refractivity contribution >= 4 is 17.0 Å². The van der Waals surface area contributed by atoms with Gasteiger partial charge in [0.05, 0.1) is 12.1 Å². The van der Waals surface area contributed by atoms with Gasteiger partial charge in [-0.2, -0.15) is 0 Å². The first-order valence-corrected chi connectivity index (χ1v) is 10.5. The summed E-state index contributed by atoms with van der Waals surface area (Å²) in [6.45, 7) is 5.69. The number of fused-ring (bicyclic) bond motifs is 1. The third kappa shape index (κ3) is 6.89. The highest BCUT2D eigenvalue weighted by atomic mass is 19.4. The minimum atomic E-state index is -4.75. The van der Waals surface area contributed by atoms with Crippen LogP contribution in [0.1, 0.15) is 38.3 Å². The van der Waals surface area contributed by atoms with Gasteiger partial charge in [-0.05, 0) is 75.1 Å². The molecule has 2 N–H and O–H groups in total. The molecule has 0 saturated carbocycles. The standard InChI is InChI=1S/C24H27F3N2O4/c1-23(2,3)33-22(31)28-12-4-5-17-14-29(21-13-16(15-30)6-11-20(17)21)18-7-9-19(10-8-18)32-24(25,26)27/h6-11,13-14,30H,4-5,12,15H2,1-3H3,(H,28,31). The number of rotatable bonds is 7. The summed E-state index contributed by atoms with van der Waals surface area (Å²) < 4.78 is 48.4. The molecular formula is C24H27F3N2O4. The van der Waals surface area contributed by atoms with E-state index in [1.165, 1.54) is 12.1 Å². The number of aryl methyl sites for hydroxylation is 1. The zero-order valence-electron chi connectivity index (χ0n) is 18.7. The molecule has 2 aromatic carbocycles. The Bertz CT molecular complexity index is 1100. The minimum absolute atomic E-state index is 0.130. The highest BCUT2D eigenvalue weighted by molar-refractivity contribution is 5.86. The maximum Gasteiger partial charge on any atom is 0.573 e. The van der Waals surface area contributed by atoms with E-state index in [1.54, 1.807) is 32.9 Å². The number of hydrogen-bond donors (Lipinski definition) is 2. The zero-order valence-corrected chi connectivity index (χ0v) is 18.7. The lowest BCUT2D eigenvalue weighted by Gasteiger charge is -2.19. The van der Waals surface area contributed by atoms with Gasteiger partial charge in [-0.1, -0.05) is 12.1 Å². The van der Waals surface area contributed by atoms with Gasteiger partial charge in [-0.3, -0.25) is 0 Å². The first-order chi connectivity index (χ1) is 15.4. The lowest BCUT2D eigenvalue weighted by atomic mass is 10.1. The molecule has 1 aromatic heterocycles. The first-order valence-electron chi connectivity index (χ1n) is 10.5. The highest BCUT2D eigenvalue weighted by Gasteiger charge is 2.31. The Morgan fingerprint density at radius 3 is 2.39 bits per heavy atom. The molecular weight excluding hydrogens is 437 g/mol. The Labute approximate surface area is 189 Å². The van der Waals surface area contributed by atoms with Crippen LogP contribution in [-0.4, -0.2) is 34.3 Å². The topological polar surface area (TPSA) is 72.7 Å². The third-order valence-electron chi connectivity index (χ3n) is 4.77. The fourth-order valence-corrected chi connectivity index (χ4v) is 3.45. The molecule has 0 saturated heterocycles. The van der Waals surface area contributed by atoms with E-state index in [4.69, 9.17) is 4.74 Å². The third-order valence-corrected chi connectivity index (χ3v) is 4.77. The number of hydrogen-bond acceptors (Lipinski definition) is 4. The van der Waals surface area contributed by atoms with Crippen molar-refractivity contribution in [1.82, 2.24) is 9.88 Å². The number of alkyl halides is 3. The van der Waals surface area contributed by atoms with Crippen LogP contribution in [0.5, 0.6) is 5.75 Å². The average Bonchev–Trinajstić information content (AvgIpc) is 3.07. The second-order valence-electron chi connectivity index (χ2n) is 8.61. The number of ether oxygens (including phenoxy) is 2.